The van der Waals surface area contributed by atoms with Crippen molar-refractivity contribution in [3.63, 3.8) is 0 Å². The molecular weight excluding hydrogens is 268 g/mol. The Morgan fingerprint density at radius 3 is 2.86 bits per heavy atom. The van der Waals surface area contributed by atoms with Gasteiger partial charge in [-0.05, 0) is 5.56 Å². The van der Waals surface area contributed by atoms with Gasteiger partial charge < -0.3 is 15.7 Å². The van der Waals surface area contributed by atoms with Gasteiger partial charge in [0.05, 0.1) is 31.9 Å². The molecule has 0 aliphatic carbocycles. The Kier molecular flexibility index (Phi) is 3.83. The Morgan fingerprint density at radius 1 is 1.29 bits per heavy atom. The van der Waals surface area contributed by atoms with Crippen molar-refractivity contribution in [2.45, 2.75) is 19.1 Å². The van der Waals surface area contributed by atoms with Crippen LogP contribution in [0.4, 0.5) is 0 Å². The summed E-state index contributed by atoms with van der Waals surface area (Å²) < 4.78 is 1.63. The van der Waals surface area contributed by atoms with Crippen LogP contribution in [0.1, 0.15) is 17.3 Å². The predicted octanol–water partition coefficient (Wildman–Crippen LogP) is 0.142. The van der Waals surface area contributed by atoms with Crippen molar-refractivity contribution in [2.24, 2.45) is 10.7 Å². The number of aromatic nitrogens is 3. The van der Waals surface area contributed by atoms with E-state index in [1.807, 2.05) is 29.3 Å². The average Bonchev–Trinajstić information content (AvgIpc) is 3.09. The van der Waals surface area contributed by atoms with Crippen LogP contribution in [0.3, 0.4) is 0 Å². The maximum atomic E-state index is 8.94. The first-order valence-corrected chi connectivity index (χ1v) is 6.89. The highest BCUT2D eigenvalue weighted by atomic mass is 16.3. The van der Waals surface area contributed by atoms with Crippen molar-refractivity contribution in [3.05, 3.63) is 47.8 Å². The summed E-state index contributed by atoms with van der Waals surface area (Å²) in [5.74, 6) is 0.528. The molecule has 1 aromatic heterocycles. The number of aliphatic hydroxyl groups excluding tert-OH is 1. The quantitative estimate of drug-likeness (QED) is 0.815. The van der Waals surface area contributed by atoms with Gasteiger partial charge in [0.2, 0.25) is 0 Å². The van der Waals surface area contributed by atoms with Crippen LogP contribution in [0.15, 0.2) is 41.5 Å². The molecule has 1 atom stereocenters. The Balaban J connectivity index is 1.78. The largest absolute Gasteiger partial charge is 0.394 e. The van der Waals surface area contributed by atoms with E-state index in [0.29, 0.717) is 25.6 Å². The van der Waals surface area contributed by atoms with Crippen molar-refractivity contribution in [1.82, 2.24) is 19.9 Å². The molecule has 1 aliphatic heterocycles. The fraction of sp³-hybridized carbons (Fsp3) is 0.357. The first-order chi connectivity index (χ1) is 10.3. The molecule has 1 unspecified atom stereocenters. The molecule has 2 aromatic rings. The second-order valence-electron chi connectivity index (χ2n) is 4.96. The van der Waals surface area contributed by atoms with Crippen molar-refractivity contribution < 1.29 is 5.11 Å². The maximum absolute atomic E-state index is 8.94. The minimum absolute atomic E-state index is 0.00218. The predicted molar refractivity (Wildman–Crippen MR) is 78.3 cm³/mol. The van der Waals surface area contributed by atoms with Gasteiger partial charge in [-0.3, -0.25) is 4.99 Å². The van der Waals surface area contributed by atoms with Gasteiger partial charge in [-0.25, -0.2) is 4.68 Å². The molecule has 1 aliphatic rings. The number of benzene rings is 1. The lowest BCUT2D eigenvalue weighted by Gasteiger charge is -2.24. The molecule has 0 radical (unpaired) electrons. The molecule has 110 valence electrons. The monoisotopic (exact) mass is 286 g/mol. The number of nitrogens with zero attached hydrogens (tertiary/aromatic N) is 5. The van der Waals surface area contributed by atoms with E-state index in [4.69, 9.17) is 10.8 Å². The van der Waals surface area contributed by atoms with Gasteiger partial charge in [0, 0.05) is 6.54 Å². The Bertz CT molecular complexity index is 623. The third-order valence-electron chi connectivity index (χ3n) is 3.52. The van der Waals surface area contributed by atoms with Crippen LogP contribution in [0.5, 0.6) is 0 Å². The molecule has 0 fully saturated rings. The molecular formula is C14H18N6O. The van der Waals surface area contributed by atoms with Crippen LogP contribution < -0.4 is 5.73 Å². The number of nitrogens with two attached hydrogens (primary N) is 1. The van der Waals surface area contributed by atoms with Crippen LogP contribution in [0.2, 0.25) is 0 Å². The van der Waals surface area contributed by atoms with Crippen molar-refractivity contribution in [2.75, 3.05) is 13.2 Å². The molecule has 3 rings (SSSR count). The summed E-state index contributed by atoms with van der Waals surface area (Å²) in [5.41, 5.74) is 8.00. The number of aliphatic hydroxyl groups is 1. The van der Waals surface area contributed by atoms with Gasteiger partial charge in [0.25, 0.3) is 0 Å². The van der Waals surface area contributed by atoms with Crippen LogP contribution in [0, 0.1) is 0 Å². The van der Waals surface area contributed by atoms with E-state index >= 15 is 0 Å². The van der Waals surface area contributed by atoms with Gasteiger partial charge in [-0.15, -0.1) is 5.10 Å². The van der Waals surface area contributed by atoms with Crippen LogP contribution in [0.25, 0.3) is 0 Å². The molecule has 3 N–H and O–H groups in total. The maximum Gasteiger partial charge on any atom is 0.192 e. The second-order valence-corrected chi connectivity index (χ2v) is 4.96. The smallest absolute Gasteiger partial charge is 0.192 e. The summed E-state index contributed by atoms with van der Waals surface area (Å²) in [4.78, 5) is 6.35. The number of hydrogen-bond acceptors (Lipinski definition) is 6. The van der Waals surface area contributed by atoms with Gasteiger partial charge in [0.1, 0.15) is 5.69 Å². The van der Waals surface area contributed by atoms with Crippen LogP contribution >= 0.6 is 0 Å². The van der Waals surface area contributed by atoms with E-state index < -0.39 is 0 Å². The lowest BCUT2D eigenvalue weighted by atomic mass is 10.1. The Morgan fingerprint density at radius 2 is 2.10 bits per heavy atom. The van der Waals surface area contributed by atoms with Gasteiger partial charge in [-0.2, -0.15) is 0 Å². The highest BCUT2D eigenvalue weighted by Gasteiger charge is 2.29. The topological polar surface area (TPSA) is 92.6 Å². The molecule has 0 saturated carbocycles. The molecule has 21 heavy (non-hydrogen) atoms. The number of hydrogen-bond donors (Lipinski definition) is 2. The minimum atomic E-state index is -0.00218. The van der Waals surface area contributed by atoms with Crippen molar-refractivity contribution >= 4 is 5.96 Å². The molecule has 7 heteroatoms. The summed E-state index contributed by atoms with van der Waals surface area (Å²) in [6.07, 6.45) is 1.84. The summed E-state index contributed by atoms with van der Waals surface area (Å²) in [6.45, 7) is 1.75. The lowest BCUT2D eigenvalue weighted by Crippen LogP contribution is -2.35. The normalized spacial score (nSPS) is 18.0. The Labute approximate surface area is 122 Å². The molecule has 0 saturated heterocycles. The van der Waals surface area contributed by atoms with Crippen LogP contribution in [-0.4, -0.2) is 44.1 Å². The van der Waals surface area contributed by atoms with E-state index in [1.54, 1.807) is 4.68 Å². The van der Waals surface area contributed by atoms with Gasteiger partial charge >= 0.3 is 0 Å². The fourth-order valence-corrected chi connectivity index (χ4v) is 2.43. The molecule has 0 spiro atoms. The average molecular weight is 286 g/mol. The molecule has 1 aromatic carbocycles. The third kappa shape index (κ3) is 2.87. The zero-order valence-corrected chi connectivity index (χ0v) is 11.6. The second kappa shape index (κ2) is 5.92. The van der Waals surface area contributed by atoms with Gasteiger partial charge in [0.15, 0.2) is 5.96 Å². The minimum Gasteiger partial charge on any atom is -0.394 e. The summed E-state index contributed by atoms with van der Waals surface area (Å²) >= 11 is 0. The summed E-state index contributed by atoms with van der Waals surface area (Å²) in [6, 6.07) is 10.1. The summed E-state index contributed by atoms with van der Waals surface area (Å²) in [7, 11) is 0. The molecule has 0 amide bonds. The number of rotatable bonds is 5. The standard InChI is InChI=1S/C14H18N6O/c15-14-16-8-13(12-10-19(6-7-21)18-17-12)20(14)9-11-4-2-1-3-5-11/h1-5,10,13,21H,6-9H2,(H2,15,16). The fourth-order valence-electron chi connectivity index (χ4n) is 2.43. The lowest BCUT2D eigenvalue weighted by molar-refractivity contribution is 0.268. The Hall–Kier alpha value is -2.41. The van der Waals surface area contributed by atoms with Crippen molar-refractivity contribution in [3.8, 4) is 0 Å². The third-order valence-corrected chi connectivity index (χ3v) is 3.52. The zero-order chi connectivity index (χ0) is 14.7. The molecule has 7 nitrogen and oxygen atoms in total. The van der Waals surface area contributed by atoms with E-state index in [0.717, 1.165) is 5.69 Å². The first kappa shape index (κ1) is 13.6. The summed E-state index contributed by atoms with van der Waals surface area (Å²) in [5, 5.41) is 17.1. The van der Waals surface area contributed by atoms with E-state index in [-0.39, 0.29) is 12.6 Å². The molecule has 2 heterocycles. The highest BCUT2D eigenvalue weighted by Crippen LogP contribution is 2.25. The van der Waals surface area contributed by atoms with Crippen molar-refractivity contribution in [1.29, 1.82) is 0 Å². The number of guanidine groups is 1. The van der Waals surface area contributed by atoms with Crippen LogP contribution in [-0.2, 0) is 13.1 Å². The highest BCUT2D eigenvalue weighted by molar-refractivity contribution is 5.80. The first-order valence-electron chi connectivity index (χ1n) is 6.89. The SMILES string of the molecule is NC1=NCC(c2cn(CCO)nn2)N1Cc1ccccc1. The zero-order valence-electron chi connectivity index (χ0n) is 11.6. The van der Waals surface area contributed by atoms with Gasteiger partial charge in [-0.1, -0.05) is 35.5 Å². The van der Waals surface area contributed by atoms with E-state index in [1.165, 1.54) is 5.56 Å². The van der Waals surface area contributed by atoms with E-state index in [9.17, 15) is 0 Å². The molecule has 0 bridgehead atoms. The number of aliphatic imine (C=N–C) groups is 1. The van der Waals surface area contributed by atoms with E-state index in [2.05, 4.69) is 27.4 Å².